The molecule has 0 aliphatic heterocycles. The molecular formula is C40H88O. The lowest BCUT2D eigenvalue weighted by Gasteiger charge is -2.34. The molecule has 0 aromatic rings. The Labute approximate surface area is 265 Å². The zero-order valence-corrected chi connectivity index (χ0v) is 32.7. The topological polar surface area (TPSA) is 9.23 Å². The van der Waals surface area contributed by atoms with E-state index in [2.05, 4.69) is 118 Å². The molecule has 0 N–H and O–H groups in total. The van der Waals surface area contributed by atoms with Crippen molar-refractivity contribution in [3.05, 3.63) is 0 Å². The lowest BCUT2D eigenvalue weighted by Crippen LogP contribution is -2.30. The smallest absolute Gasteiger partial charge is 0.0522 e. The van der Waals surface area contributed by atoms with Crippen LogP contribution in [0, 0.1) is 27.6 Å². The Bertz CT molecular complexity index is 395. The SMILES string of the molecule is CCC(C)CC.CCC(CC)(CC)CC.CCC(CC)(CC)CC.CCC(CC)(CC)COCC(CC)(CC)CC. The molecule has 254 valence electrons. The van der Waals surface area contributed by atoms with Crippen molar-refractivity contribution in [2.24, 2.45) is 27.6 Å². The van der Waals surface area contributed by atoms with E-state index in [-0.39, 0.29) is 0 Å². The second-order valence-electron chi connectivity index (χ2n) is 13.4. The molecule has 0 aromatic carbocycles. The highest BCUT2D eigenvalue weighted by atomic mass is 16.5. The Balaban J connectivity index is -0.000000242. The highest BCUT2D eigenvalue weighted by Crippen LogP contribution is 2.35. The first-order chi connectivity index (χ1) is 19.4. The van der Waals surface area contributed by atoms with Crippen LogP contribution in [0.1, 0.15) is 220 Å². The number of hydrogen-bond donors (Lipinski definition) is 0. The van der Waals surface area contributed by atoms with Crippen molar-refractivity contribution in [3.63, 3.8) is 0 Å². The van der Waals surface area contributed by atoms with Gasteiger partial charge in [0.25, 0.3) is 0 Å². The molecule has 0 heterocycles. The van der Waals surface area contributed by atoms with E-state index in [1.54, 1.807) is 0 Å². The molecule has 0 radical (unpaired) electrons. The molecule has 0 bridgehead atoms. The number of ether oxygens (including phenoxy) is 1. The van der Waals surface area contributed by atoms with E-state index < -0.39 is 0 Å². The van der Waals surface area contributed by atoms with Crippen LogP contribution in [0.15, 0.2) is 0 Å². The first-order valence-corrected chi connectivity index (χ1v) is 18.9. The van der Waals surface area contributed by atoms with Crippen molar-refractivity contribution < 1.29 is 4.74 Å². The summed E-state index contributed by atoms with van der Waals surface area (Å²) < 4.78 is 6.11. The summed E-state index contributed by atoms with van der Waals surface area (Å²) in [7, 11) is 0. The average Bonchev–Trinajstić information content (AvgIpc) is 3.05. The molecule has 0 rings (SSSR count). The molecule has 0 atom stereocenters. The maximum atomic E-state index is 6.11. The van der Waals surface area contributed by atoms with Gasteiger partial charge in [-0.3, -0.25) is 0 Å². The minimum absolute atomic E-state index is 0.418. The molecular weight excluding hydrogens is 496 g/mol. The molecule has 0 unspecified atom stereocenters. The van der Waals surface area contributed by atoms with Crippen molar-refractivity contribution in [2.75, 3.05) is 13.2 Å². The quantitative estimate of drug-likeness (QED) is 0.138. The van der Waals surface area contributed by atoms with Gasteiger partial charge >= 0.3 is 0 Å². The summed E-state index contributed by atoms with van der Waals surface area (Å²) in [6, 6.07) is 0. The van der Waals surface area contributed by atoms with Gasteiger partial charge in [0.15, 0.2) is 0 Å². The highest BCUT2D eigenvalue weighted by molar-refractivity contribution is 4.78. The van der Waals surface area contributed by atoms with Gasteiger partial charge in [0.2, 0.25) is 0 Å². The summed E-state index contributed by atoms with van der Waals surface area (Å²) in [5, 5.41) is 0. The van der Waals surface area contributed by atoms with Crippen LogP contribution in [0.5, 0.6) is 0 Å². The van der Waals surface area contributed by atoms with Crippen molar-refractivity contribution in [1.82, 2.24) is 0 Å². The zero-order valence-electron chi connectivity index (χ0n) is 32.7. The molecule has 0 aliphatic carbocycles. The van der Waals surface area contributed by atoms with Crippen LogP contribution < -0.4 is 0 Å². The van der Waals surface area contributed by atoms with E-state index in [1.165, 1.54) is 103 Å². The van der Waals surface area contributed by atoms with E-state index in [0.29, 0.717) is 21.7 Å². The number of rotatable bonds is 20. The fourth-order valence-corrected chi connectivity index (χ4v) is 5.89. The summed E-state index contributed by atoms with van der Waals surface area (Å²) in [6.45, 7) is 40.8. The fraction of sp³-hybridized carbons (Fsp3) is 1.00. The third kappa shape index (κ3) is 19.8. The Kier molecular flexibility index (Phi) is 33.5. The lowest BCUT2D eigenvalue weighted by atomic mass is 9.78. The van der Waals surface area contributed by atoms with Crippen molar-refractivity contribution in [3.8, 4) is 0 Å². The predicted molar refractivity (Wildman–Crippen MR) is 194 cm³/mol. The Morgan fingerprint density at radius 3 is 0.561 bits per heavy atom. The van der Waals surface area contributed by atoms with Crippen molar-refractivity contribution in [1.29, 1.82) is 0 Å². The fourth-order valence-electron chi connectivity index (χ4n) is 5.89. The van der Waals surface area contributed by atoms with Crippen LogP contribution in [0.2, 0.25) is 0 Å². The van der Waals surface area contributed by atoms with Crippen molar-refractivity contribution >= 4 is 0 Å². The van der Waals surface area contributed by atoms with Gasteiger partial charge in [-0.15, -0.1) is 0 Å². The van der Waals surface area contributed by atoms with Gasteiger partial charge in [0, 0.05) is 0 Å². The molecule has 0 amide bonds. The second-order valence-corrected chi connectivity index (χ2v) is 13.4. The van der Waals surface area contributed by atoms with Gasteiger partial charge in [-0.05, 0) is 66.1 Å². The average molecular weight is 585 g/mol. The van der Waals surface area contributed by atoms with Crippen LogP contribution in [0.25, 0.3) is 0 Å². The normalized spacial score (nSPS) is 12.1. The summed E-state index contributed by atoms with van der Waals surface area (Å²) in [6.07, 6.45) is 20.8. The van der Waals surface area contributed by atoms with E-state index in [9.17, 15) is 0 Å². The van der Waals surface area contributed by atoms with E-state index >= 15 is 0 Å². The molecule has 0 aliphatic rings. The highest BCUT2D eigenvalue weighted by Gasteiger charge is 2.28. The van der Waals surface area contributed by atoms with Gasteiger partial charge in [-0.1, -0.05) is 182 Å². The Morgan fingerprint density at radius 1 is 0.317 bits per heavy atom. The van der Waals surface area contributed by atoms with Gasteiger partial charge < -0.3 is 4.74 Å². The predicted octanol–water partition coefficient (Wildman–Crippen LogP) is 15.1. The molecule has 0 fully saturated rings. The van der Waals surface area contributed by atoms with Crippen LogP contribution in [0.4, 0.5) is 0 Å². The van der Waals surface area contributed by atoms with E-state index in [0.717, 1.165) is 19.1 Å². The van der Waals surface area contributed by atoms with Gasteiger partial charge in [-0.2, -0.15) is 0 Å². The van der Waals surface area contributed by atoms with Gasteiger partial charge in [-0.25, -0.2) is 0 Å². The summed E-state index contributed by atoms with van der Waals surface area (Å²) in [5.41, 5.74) is 2.17. The third-order valence-electron chi connectivity index (χ3n) is 12.7. The lowest BCUT2D eigenvalue weighted by molar-refractivity contribution is -0.0181. The summed E-state index contributed by atoms with van der Waals surface area (Å²) in [4.78, 5) is 0. The van der Waals surface area contributed by atoms with E-state index in [1.807, 2.05) is 0 Å². The minimum Gasteiger partial charge on any atom is -0.380 e. The van der Waals surface area contributed by atoms with E-state index in [4.69, 9.17) is 4.74 Å². The Morgan fingerprint density at radius 2 is 0.488 bits per heavy atom. The standard InChI is InChI=1S/C16H34O.2C9H20.C6H14/c1-7-15(8-2,9-3)13-17-14-16(10-4,11-5)12-6;2*1-5-9(6-2,7-3)8-4;1-4-6(3)5-2/h7-14H2,1-6H3;2*5-8H2,1-4H3;6H,4-5H2,1-3H3. The van der Waals surface area contributed by atoms with Gasteiger partial charge in [0.1, 0.15) is 0 Å². The molecule has 0 aromatic heterocycles. The largest absolute Gasteiger partial charge is 0.380 e. The Hall–Kier alpha value is -0.0400. The summed E-state index contributed by atoms with van der Waals surface area (Å²) in [5.74, 6) is 0.935. The van der Waals surface area contributed by atoms with Crippen LogP contribution >= 0.6 is 0 Å². The van der Waals surface area contributed by atoms with Crippen LogP contribution in [-0.2, 0) is 4.74 Å². The molecule has 0 spiro atoms. The van der Waals surface area contributed by atoms with Crippen LogP contribution in [0.3, 0.4) is 0 Å². The maximum absolute atomic E-state index is 6.11. The number of hydrogen-bond acceptors (Lipinski definition) is 1. The summed E-state index contributed by atoms with van der Waals surface area (Å²) >= 11 is 0. The minimum atomic E-state index is 0.418. The third-order valence-corrected chi connectivity index (χ3v) is 12.7. The monoisotopic (exact) mass is 585 g/mol. The second kappa shape index (κ2) is 28.7. The van der Waals surface area contributed by atoms with Crippen LogP contribution in [-0.4, -0.2) is 13.2 Å². The molecule has 41 heavy (non-hydrogen) atoms. The zero-order chi connectivity index (χ0) is 33.0. The first kappa shape index (κ1) is 47.9. The van der Waals surface area contributed by atoms with Gasteiger partial charge in [0.05, 0.1) is 13.2 Å². The molecule has 0 saturated carbocycles. The molecule has 1 heteroatoms. The maximum Gasteiger partial charge on any atom is 0.0522 e. The molecule has 1 nitrogen and oxygen atoms in total. The molecule has 0 saturated heterocycles. The first-order valence-electron chi connectivity index (χ1n) is 18.9. The van der Waals surface area contributed by atoms with Crippen molar-refractivity contribution in [2.45, 2.75) is 220 Å².